The van der Waals surface area contributed by atoms with E-state index >= 15 is 0 Å². The molecule has 6 N–H and O–H groups in total. The fourth-order valence-corrected chi connectivity index (χ4v) is 7.21. The number of aromatic nitrogens is 4. The zero-order valence-corrected chi connectivity index (χ0v) is 29.8. The fraction of sp³-hybridized carbons (Fsp3) is 0.421. The summed E-state index contributed by atoms with van der Waals surface area (Å²) >= 11 is 0. The second-order valence-corrected chi connectivity index (χ2v) is 13.1. The first-order chi connectivity index (χ1) is 23.7. The number of carbonyl (C=O) groups excluding carboxylic acids is 2. The highest BCUT2D eigenvalue weighted by molar-refractivity contribution is 6.27. The van der Waals surface area contributed by atoms with E-state index in [0.717, 1.165) is 57.3 Å². The third kappa shape index (κ3) is 7.05. The van der Waals surface area contributed by atoms with Crippen LogP contribution in [0.5, 0.6) is 0 Å². The highest BCUT2D eigenvalue weighted by Gasteiger charge is 2.33. The Labute approximate surface area is 290 Å². The largest absolute Gasteiger partial charge is 0.481 e. The van der Waals surface area contributed by atoms with E-state index in [9.17, 15) is 24.3 Å². The Morgan fingerprint density at radius 2 is 1.40 bits per heavy atom. The van der Waals surface area contributed by atoms with Crippen LogP contribution in [0.2, 0.25) is 0 Å². The number of amides is 2. The number of nitrogens with one attached hydrogen (secondary N) is 4. The standard InChI is InChI=1S/C38H46N6O6/c1-8-23-18(3)26-14-28-20(5)25(10-11-32(45)40-17-34(48)49)36(43-28)22(7)37-35(38(50)39-13-12-33(46)47)21(6)29(44-37)16-31-24(9-2)19(4)27(42-31)15-30(23)41-26/h14-16,20,25,41-42H,8-13,17H2,1-7H3,(H,39,50)(H,40,45)(H,46,47)(H,48,49). The van der Waals surface area contributed by atoms with Crippen LogP contribution in [0, 0.1) is 20.8 Å². The molecular formula is C38H46N6O6. The zero-order chi connectivity index (χ0) is 36.4. The Morgan fingerprint density at radius 1 is 0.780 bits per heavy atom. The van der Waals surface area contributed by atoms with Gasteiger partial charge in [0.05, 0.1) is 23.4 Å². The number of carbonyl (C=O) groups is 4. The number of hydrogen-bond donors (Lipinski definition) is 6. The van der Waals surface area contributed by atoms with Gasteiger partial charge in [-0.1, -0.05) is 20.8 Å². The molecule has 0 fully saturated rings. The van der Waals surface area contributed by atoms with Gasteiger partial charge in [-0.05, 0) is 98.5 Å². The van der Waals surface area contributed by atoms with Crippen molar-refractivity contribution in [3.63, 3.8) is 0 Å². The zero-order valence-electron chi connectivity index (χ0n) is 29.8. The van der Waals surface area contributed by atoms with Crippen molar-refractivity contribution in [1.29, 1.82) is 0 Å². The minimum Gasteiger partial charge on any atom is -0.481 e. The van der Waals surface area contributed by atoms with Gasteiger partial charge in [0.2, 0.25) is 5.91 Å². The minimum absolute atomic E-state index is 0.0403. The number of aromatic amines is 2. The van der Waals surface area contributed by atoms with Crippen molar-refractivity contribution in [2.45, 2.75) is 92.4 Å². The summed E-state index contributed by atoms with van der Waals surface area (Å²) in [6.45, 7) is 13.7. The summed E-state index contributed by atoms with van der Waals surface area (Å²) in [4.78, 5) is 66.2. The number of aryl methyl sites for hydroxylation is 4. The van der Waals surface area contributed by atoms with Gasteiger partial charge in [0.25, 0.3) is 5.91 Å². The molecule has 12 heteroatoms. The van der Waals surface area contributed by atoms with E-state index in [1.807, 2.05) is 19.9 Å². The Kier molecular flexibility index (Phi) is 10.6. The molecule has 2 atom stereocenters. The van der Waals surface area contributed by atoms with Crippen molar-refractivity contribution < 1.29 is 29.4 Å². The maximum Gasteiger partial charge on any atom is 0.322 e. The molecule has 2 aliphatic heterocycles. The van der Waals surface area contributed by atoms with Gasteiger partial charge in [-0.15, -0.1) is 0 Å². The summed E-state index contributed by atoms with van der Waals surface area (Å²) < 4.78 is 0. The van der Waals surface area contributed by atoms with Gasteiger partial charge in [0.15, 0.2) is 0 Å². The van der Waals surface area contributed by atoms with Crippen molar-refractivity contribution in [2.75, 3.05) is 13.1 Å². The summed E-state index contributed by atoms with van der Waals surface area (Å²) in [6.07, 6.45) is 1.87. The molecule has 8 bridgehead atoms. The molecule has 5 heterocycles. The molecule has 0 saturated heterocycles. The smallest absolute Gasteiger partial charge is 0.322 e. The Balaban J connectivity index is 1.82. The molecule has 0 radical (unpaired) electrons. The van der Waals surface area contributed by atoms with Crippen molar-refractivity contribution in [3.8, 4) is 0 Å². The predicted molar refractivity (Wildman–Crippen MR) is 193 cm³/mol. The van der Waals surface area contributed by atoms with E-state index in [1.165, 1.54) is 5.56 Å². The van der Waals surface area contributed by atoms with Crippen LogP contribution in [0.25, 0.3) is 33.2 Å². The monoisotopic (exact) mass is 682 g/mol. The Morgan fingerprint density at radius 3 is 2.00 bits per heavy atom. The van der Waals surface area contributed by atoms with Crippen molar-refractivity contribution in [3.05, 3.63) is 68.8 Å². The quantitative estimate of drug-likeness (QED) is 0.147. The van der Waals surface area contributed by atoms with Gasteiger partial charge in [0, 0.05) is 58.3 Å². The minimum atomic E-state index is -1.12. The lowest BCUT2D eigenvalue weighted by atomic mass is 9.85. The van der Waals surface area contributed by atoms with E-state index in [1.54, 1.807) is 0 Å². The fourth-order valence-electron chi connectivity index (χ4n) is 7.21. The predicted octanol–water partition coefficient (Wildman–Crippen LogP) is 5.75. The number of carboxylic acids is 2. The summed E-state index contributed by atoms with van der Waals surface area (Å²) in [6, 6.07) is 6.18. The van der Waals surface area contributed by atoms with E-state index < -0.39 is 24.4 Å². The van der Waals surface area contributed by atoms with Crippen LogP contribution in [0.3, 0.4) is 0 Å². The van der Waals surface area contributed by atoms with Crippen molar-refractivity contribution in [2.24, 2.45) is 0 Å². The highest BCUT2D eigenvalue weighted by atomic mass is 16.4. The van der Waals surface area contributed by atoms with Gasteiger partial charge < -0.3 is 30.8 Å². The third-order valence-electron chi connectivity index (χ3n) is 10.1. The van der Waals surface area contributed by atoms with Crippen LogP contribution in [0.1, 0.15) is 109 Å². The highest BCUT2D eigenvalue weighted by Crippen LogP contribution is 2.43. The van der Waals surface area contributed by atoms with Crippen LogP contribution in [0.4, 0.5) is 0 Å². The Hall–Kier alpha value is -5.26. The molecule has 50 heavy (non-hydrogen) atoms. The molecule has 12 nitrogen and oxygen atoms in total. The molecule has 0 spiro atoms. The van der Waals surface area contributed by atoms with E-state index in [0.29, 0.717) is 40.2 Å². The molecule has 0 aromatic carbocycles. The van der Waals surface area contributed by atoms with Gasteiger partial charge in [-0.25, -0.2) is 4.98 Å². The van der Waals surface area contributed by atoms with Gasteiger partial charge in [-0.2, -0.15) is 0 Å². The van der Waals surface area contributed by atoms with Gasteiger partial charge in [0.1, 0.15) is 6.54 Å². The molecule has 0 saturated carbocycles. The maximum absolute atomic E-state index is 13.8. The molecule has 3 aromatic heterocycles. The van der Waals surface area contributed by atoms with Crippen LogP contribution in [0.15, 0.2) is 18.2 Å². The third-order valence-corrected chi connectivity index (χ3v) is 10.1. The normalized spacial score (nSPS) is 15.7. The summed E-state index contributed by atoms with van der Waals surface area (Å²) in [7, 11) is 0. The average molecular weight is 683 g/mol. The Bertz CT molecular complexity index is 2090. The molecular weight excluding hydrogens is 636 g/mol. The lowest BCUT2D eigenvalue weighted by molar-refractivity contribution is -0.138. The van der Waals surface area contributed by atoms with E-state index in [2.05, 4.69) is 67.4 Å². The van der Waals surface area contributed by atoms with Gasteiger partial charge in [-0.3, -0.25) is 24.2 Å². The molecule has 2 aliphatic rings. The lowest BCUT2D eigenvalue weighted by Gasteiger charge is -2.17. The summed E-state index contributed by atoms with van der Waals surface area (Å²) in [5.74, 6) is -3.27. The van der Waals surface area contributed by atoms with Crippen molar-refractivity contribution >= 4 is 57.0 Å². The summed E-state index contributed by atoms with van der Waals surface area (Å²) in [5, 5.41) is 23.4. The van der Waals surface area contributed by atoms with Crippen molar-refractivity contribution in [1.82, 2.24) is 30.6 Å². The first-order valence-corrected chi connectivity index (χ1v) is 17.2. The first-order valence-electron chi connectivity index (χ1n) is 17.2. The van der Waals surface area contributed by atoms with Crippen LogP contribution in [-0.2, 0) is 32.0 Å². The average Bonchev–Trinajstić information content (AvgIpc) is 3.75. The topological polar surface area (TPSA) is 190 Å². The summed E-state index contributed by atoms with van der Waals surface area (Å²) in [5.41, 5.74) is 12.7. The molecule has 264 valence electrons. The van der Waals surface area contributed by atoms with Crippen LogP contribution < -0.4 is 10.6 Å². The first kappa shape index (κ1) is 36.0. The number of H-pyrrole nitrogens is 2. The molecule has 2 amide bonds. The van der Waals surface area contributed by atoms with Crippen LogP contribution >= 0.6 is 0 Å². The molecule has 3 aromatic rings. The maximum atomic E-state index is 13.8. The number of fused-ring (bicyclic) bond motifs is 8. The SMILES string of the molecule is CCc1c(C)c2cc3[nH]c(cc4nc(c(C)c5nc(cc1[nH]2)C(C)=C5C(=O)NCCC(=O)O)C(CCC(=O)NCC(=O)O)C4C)c(C)c3CC. The molecule has 0 aliphatic carbocycles. The molecule has 2 unspecified atom stereocenters. The molecule has 5 rings (SSSR count). The number of rotatable bonds is 11. The van der Waals surface area contributed by atoms with Gasteiger partial charge >= 0.3 is 11.9 Å². The second kappa shape index (κ2) is 14.7. The number of allylic oxidation sites excluding steroid dienone is 1. The van der Waals surface area contributed by atoms with E-state index in [4.69, 9.17) is 15.1 Å². The second-order valence-electron chi connectivity index (χ2n) is 13.1. The number of nitrogens with zero attached hydrogens (tertiary/aromatic N) is 2. The lowest BCUT2D eigenvalue weighted by Crippen LogP contribution is -2.29. The van der Waals surface area contributed by atoms with Crippen LogP contribution in [-0.4, -0.2) is 67.0 Å². The number of hydrogen-bond acceptors (Lipinski definition) is 6. The number of aliphatic carboxylic acids is 2. The van der Waals surface area contributed by atoms with E-state index in [-0.39, 0.29) is 37.1 Å². The number of carboxylic acid groups (broad SMARTS) is 2.